The van der Waals surface area contributed by atoms with Gasteiger partial charge in [-0.25, -0.2) is 8.42 Å². The smallest absolute Gasteiger partial charge is 0.336 e. The van der Waals surface area contributed by atoms with Crippen LogP contribution in [0.25, 0.3) is 0 Å². The third-order valence-corrected chi connectivity index (χ3v) is 4.09. The topological polar surface area (TPSA) is 158 Å². The predicted molar refractivity (Wildman–Crippen MR) is 88.0 cm³/mol. The molecule has 0 aromatic carbocycles. The summed E-state index contributed by atoms with van der Waals surface area (Å²) in [6, 6.07) is 0.109. The molecule has 1 heterocycles. The van der Waals surface area contributed by atoms with Crippen LogP contribution in [0.4, 0.5) is 11.9 Å². The Bertz CT molecular complexity index is 614. The van der Waals surface area contributed by atoms with Crippen molar-refractivity contribution in [1.29, 1.82) is 0 Å². The fourth-order valence-corrected chi connectivity index (χ4v) is 2.09. The van der Waals surface area contributed by atoms with E-state index in [2.05, 4.69) is 20.3 Å². The molecule has 1 rings (SSSR count). The largest absolute Gasteiger partial charge is 0.748 e. The molecule has 0 spiro atoms. The molecule has 12 heteroatoms. The number of quaternary nitrogens is 1. The number of anilines is 1. The minimum absolute atomic E-state index is 0. The number of nitrogens with one attached hydrogen (secondary N) is 1. The molecule has 140 valence electrons. The van der Waals surface area contributed by atoms with Crippen LogP contribution in [0.15, 0.2) is 0 Å². The molecule has 3 N–H and O–H groups in total. The van der Waals surface area contributed by atoms with Crippen molar-refractivity contribution in [3.63, 3.8) is 0 Å². The van der Waals surface area contributed by atoms with Crippen LogP contribution in [0.3, 0.4) is 0 Å². The van der Waals surface area contributed by atoms with Crippen LogP contribution in [0.1, 0.15) is 6.92 Å². The van der Waals surface area contributed by atoms with Crippen LogP contribution in [-0.4, -0.2) is 86.7 Å². The highest BCUT2D eigenvalue weighted by molar-refractivity contribution is 7.85. The number of methoxy groups -OCH3 is 2. The number of ether oxygens (including phenoxy) is 2. The Labute approximate surface area is 141 Å². The molecule has 0 radical (unpaired) electrons. The van der Waals surface area contributed by atoms with Crippen molar-refractivity contribution in [1.82, 2.24) is 19.4 Å². The maximum atomic E-state index is 10.6. The molecule has 1 aromatic rings. The van der Waals surface area contributed by atoms with E-state index in [0.29, 0.717) is 30.1 Å². The van der Waals surface area contributed by atoms with Crippen LogP contribution < -0.4 is 14.5 Å². The van der Waals surface area contributed by atoms with Crippen molar-refractivity contribution in [2.45, 2.75) is 6.92 Å². The van der Waals surface area contributed by atoms with Crippen molar-refractivity contribution < 1.29 is 27.9 Å². The summed E-state index contributed by atoms with van der Waals surface area (Å²) in [5.74, 6) is 0.0644. The van der Waals surface area contributed by atoms with Crippen molar-refractivity contribution in [3.8, 4) is 6.01 Å². The summed E-state index contributed by atoms with van der Waals surface area (Å²) in [5, 5.41) is 2.71. The first-order valence-corrected chi connectivity index (χ1v) is 8.63. The summed E-state index contributed by atoms with van der Waals surface area (Å²) in [5.41, 5.74) is 0. The second kappa shape index (κ2) is 9.64. The fourth-order valence-electron chi connectivity index (χ4n) is 1.74. The molecular formula is C12H25N5O6S. The zero-order chi connectivity index (χ0) is 17.5. The quantitative estimate of drug-likeness (QED) is 0.388. The highest BCUT2D eigenvalue weighted by Crippen LogP contribution is 2.19. The Balaban J connectivity index is 0.00000529. The summed E-state index contributed by atoms with van der Waals surface area (Å²) >= 11 is 0. The van der Waals surface area contributed by atoms with Gasteiger partial charge in [0.05, 0.1) is 43.2 Å². The Hall–Kier alpha value is -1.60. The molecule has 1 atom stereocenters. The van der Waals surface area contributed by atoms with Gasteiger partial charge in [-0.15, -0.1) is 9.97 Å². The monoisotopic (exact) mass is 367 g/mol. The van der Waals surface area contributed by atoms with Crippen molar-refractivity contribution in [2.75, 3.05) is 58.6 Å². The van der Waals surface area contributed by atoms with E-state index in [0.717, 1.165) is 0 Å². The first-order chi connectivity index (χ1) is 10.7. The first-order valence-electron chi connectivity index (χ1n) is 7.05. The van der Waals surface area contributed by atoms with Gasteiger partial charge in [0.25, 0.3) is 0 Å². The van der Waals surface area contributed by atoms with Gasteiger partial charge in [-0.05, 0) is 6.92 Å². The summed E-state index contributed by atoms with van der Waals surface area (Å²) in [6.45, 7) is 3.78. The lowest BCUT2D eigenvalue weighted by Crippen LogP contribution is -2.48. The summed E-state index contributed by atoms with van der Waals surface area (Å²) in [4.78, 5) is 12.6. The maximum Gasteiger partial charge on any atom is 0.336 e. The van der Waals surface area contributed by atoms with Crippen molar-refractivity contribution in [2.24, 2.45) is 0 Å². The number of likely N-dealkylation sites (N-methyl/N-ethyl adjacent to an activating group) is 1. The highest BCUT2D eigenvalue weighted by atomic mass is 32.2. The molecule has 24 heavy (non-hydrogen) atoms. The number of aromatic nitrogens is 3. The van der Waals surface area contributed by atoms with E-state index in [1.54, 1.807) is 7.11 Å². The number of rotatable bonds is 10. The van der Waals surface area contributed by atoms with Gasteiger partial charge in [0, 0.05) is 13.7 Å². The number of hydrogen-bond donors (Lipinski definition) is 1. The molecule has 0 amide bonds. The Morgan fingerprint density at radius 3 is 2.42 bits per heavy atom. The molecule has 0 aliphatic rings. The van der Waals surface area contributed by atoms with Crippen LogP contribution in [0, 0.1) is 0 Å². The SMILES string of the molecule is CC[N+](C)(CCOC)c1nc(NCCS(=O)(=O)[O-])nc(OC)n1.O. The average molecular weight is 367 g/mol. The van der Waals surface area contributed by atoms with Gasteiger partial charge in [0.15, 0.2) is 0 Å². The fraction of sp³-hybridized carbons (Fsp3) is 0.750. The van der Waals surface area contributed by atoms with Crippen LogP contribution in [-0.2, 0) is 14.9 Å². The molecule has 11 nitrogen and oxygen atoms in total. The lowest BCUT2D eigenvalue weighted by molar-refractivity contribution is 0.161. The van der Waals surface area contributed by atoms with Gasteiger partial charge in [0.1, 0.15) is 6.54 Å². The van der Waals surface area contributed by atoms with E-state index >= 15 is 0 Å². The Morgan fingerprint density at radius 1 is 1.25 bits per heavy atom. The lowest BCUT2D eigenvalue weighted by Gasteiger charge is -2.29. The minimum atomic E-state index is -4.30. The third kappa shape index (κ3) is 6.88. The predicted octanol–water partition coefficient (Wildman–Crippen LogP) is -1.38. The normalized spacial score (nSPS) is 13.7. The van der Waals surface area contributed by atoms with Crippen LogP contribution in [0.2, 0.25) is 0 Å². The van der Waals surface area contributed by atoms with E-state index in [1.807, 2.05) is 14.0 Å². The van der Waals surface area contributed by atoms with Gasteiger partial charge in [-0.3, -0.25) is 4.48 Å². The summed E-state index contributed by atoms with van der Waals surface area (Å²) in [7, 11) is 0.686. The van der Waals surface area contributed by atoms with E-state index in [9.17, 15) is 13.0 Å². The minimum Gasteiger partial charge on any atom is -0.748 e. The molecule has 1 aromatic heterocycles. The van der Waals surface area contributed by atoms with Gasteiger partial charge in [-0.2, -0.15) is 4.98 Å². The number of nitrogens with zero attached hydrogens (tertiary/aromatic N) is 4. The van der Waals surface area contributed by atoms with E-state index in [1.165, 1.54) is 7.11 Å². The zero-order valence-corrected chi connectivity index (χ0v) is 15.1. The molecule has 1 unspecified atom stereocenters. The van der Waals surface area contributed by atoms with Gasteiger partial charge < -0.3 is 24.8 Å². The Kier molecular flexibility index (Phi) is 8.99. The standard InChI is InChI=1S/C12H23N5O5S.H2O/c1-5-17(2,7-8-21-3)11-14-10(15-12(16-11)22-4)13-6-9-23(18,19)20;/h5-9H2,1-4H3,(H-,13,14,15,16,18,19,20);1H2. The third-order valence-electron chi connectivity index (χ3n) is 3.39. The molecule has 0 aliphatic carbocycles. The second-order valence-corrected chi connectivity index (χ2v) is 6.59. The van der Waals surface area contributed by atoms with Crippen molar-refractivity contribution >= 4 is 22.0 Å². The van der Waals surface area contributed by atoms with Crippen LogP contribution >= 0.6 is 0 Å². The molecule has 0 aliphatic heterocycles. The van der Waals surface area contributed by atoms with E-state index in [4.69, 9.17) is 9.47 Å². The molecule has 0 bridgehead atoms. The van der Waals surface area contributed by atoms with Crippen molar-refractivity contribution in [3.05, 3.63) is 0 Å². The molecule has 0 fully saturated rings. The summed E-state index contributed by atoms with van der Waals surface area (Å²) < 4.78 is 42.5. The highest BCUT2D eigenvalue weighted by Gasteiger charge is 2.28. The summed E-state index contributed by atoms with van der Waals surface area (Å²) in [6.07, 6.45) is 0. The van der Waals surface area contributed by atoms with E-state index < -0.39 is 15.9 Å². The molecule has 0 saturated carbocycles. The lowest BCUT2D eigenvalue weighted by atomic mass is 10.4. The number of hydrogen-bond acceptors (Lipinski definition) is 9. The zero-order valence-electron chi connectivity index (χ0n) is 14.3. The second-order valence-electron chi connectivity index (χ2n) is 5.06. The molecular weight excluding hydrogens is 342 g/mol. The van der Waals surface area contributed by atoms with Gasteiger partial charge in [0.2, 0.25) is 5.95 Å². The van der Waals surface area contributed by atoms with Crippen LogP contribution in [0.5, 0.6) is 6.01 Å². The average Bonchev–Trinajstić information content (AvgIpc) is 2.51. The molecule has 0 saturated heterocycles. The van der Waals surface area contributed by atoms with Gasteiger partial charge >= 0.3 is 12.0 Å². The van der Waals surface area contributed by atoms with Gasteiger partial charge in [-0.1, -0.05) is 0 Å². The van der Waals surface area contributed by atoms with E-state index in [-0.39, 0.29) is 24.0 Å². The maximum absolute atomic E-state index is 10.6. The Morgan fingerprint density at radius 2 is 1.92 bits per heavy atom. The first kappa shape index (κ1) is 22.4.